The van der Waals surface area contributed by atoms with Crippen LogP contribution >= 0.6 is 34.2 Å². The van der Waals surface area contributed by atoms with Crippen molar-refractivity contribution in [2.75, 3.05) is 5.32 Å². The number of hydrogen-bond acceptors (Lipinski definition) is 5. The minimum atomic E-state index is -0.561. The van der Waals surface area contributed by atoms with Crippen LogP contribution in [0.3, 0.4) is 0 Å². The third-order valence-corrected chi connectivity index (χ3v) is 3.19. The second kappa shape index (κ2) is 5.44. The minimum Gasteiger partial charge on any atom is -0.333 e. The van der Waals surface area contributed by atoms with Gasteiger partial charge >= 0.3 is 5.69 Å². The van der Waals surface area contributed by atoms with Gasteiger partial charge in [0.25, 0.3) is 0 Å². The van der Waals surface area contributed by atoms with Crippen molar-refractivity contribution in [1.29, 1.82) is 0 Å². The molecule has 0 aliphatic carbocycles. The number of para-hydroxylation sites is 1. The molecule has 1 aromatic carbocycles. The first kappa shape index (κ1) is 13.0. The van der Waals surface area contributed by atoms with E-state index in [2.05, 4.69) is 37.9 Å². The molecule has 0 saturated heterocycles. The lowest BCUT2D eigenvalue weighted by Crippen LogP contribution is -2.02. The first-order valence-electron chi connectivity index (χ1n) is 4.76. The number of nitro groups is 1. The van der Waals surface area contributed by atoms with Gasteiger partial charge in [0.1, 0.15) is 6.20 Å². The number of anilines is 2. The maximum Gasteiger partial charge on any atom is 0.329 e. The molecule has 2 rings (SSSR count). The number of hydrogen-bond donors (Lipinski definition) is 1. The maximum absolute atomic E-state index is 10.8. The van der Waals surface area contributed by atoms with Crippen LogP contribution < -0.4 is 5.32 Å². The van der Waals surface area contributed by atoms with E-state index < -0.39 is 4.92 Å². The summed E-state index contributed by atoms with van der Waals surface area (Å²) in [5, 5.41) is 13.7. The summed E-state index contributed by atoms with van der Waals surface area (Å²) in [5.74, 6) is 0.0733. The Morgan fingerprint density at radius 3 is 2.78 bits per heavy atom. The molecule has 92 valence electrons. The summed E-state index contributed by atoms with van der Waals surface area (Å²) in [6.45, 7) is 0. The average molecular weight is 377 g/mol. The van der Waals surface area contributed by atoms with Crippen LogP contribution in [0.4, 0.5) is 17.2 Å². The molecule has 8 heteroatoms. The molecule has 0 spiro atoms. The van der Waals surface area contributed by atoms with Gasteiger partial charge in [-0.05, 0) is 46.3 Å². The number of aromatic nitrogens is 2. The third-order valence-electron chi connectivity index (χ3n) is 2.06. The zero-order chi connectivity index (χ0) is 13.1. The van der Waals surface area contributed by atoms with Crippen molar-refractivity contribution < 1.29 is 4.92 Å². The molecule has 0 bridgehead atoms. The van der Waals surface area contributed by atoms with Crippen molar-refractivity contribution in [2.45, 2.75) is 0 Å². The van der Waals surface area contributed by atoms with Crippen molar-refractivity contribution in [3.63, 3.8) is 0 Å². The Bertz CT molecular complexity index is 608. The normalized spacial score (nSPS) is 10.1. The molecule has 0 unspecified atom stereocenters. The van der Waals surface area contributed by atoms with Gasteiger partial charge in [-0.1, -0.05) is 12.1 Å². The average Bonchev–Trinajstić information content (AvgIpc) is 2.32. The van der Waals surface area contributed by atoms with Crippen LogP contribution in [0.25, 0.3) is 0 Å². The summed E-state index contributed by atoms with van der Waals surface area (Å²) in [6, 6.07) is 7.35. The molecule has 0 aliphatic rings. The van der Waals surface area contributed by atoms with E-state index in [4.69, 9.17) is 11.6 Å². The Hall–Kier alpha value is -1.48. The van der Waals surface area contributed by atoms with Gasteiger partial charge in [-0.2, -0.15) is 4.98 Å². The van der Waals surface area contributed by atoms with Crippen molar-refractivity contribution in [1.82, 2.24) is 9.97 Å². The number of nitrogens with one attached hydrogen (secondary N) is 1. The molecule has 2 aromatic rings. The SMILES string of the molecule is O=[N+]([O-])c1cnc(Cl)nc1Nc1ccccc1I. The van der Waals surface area contributed by atoms with Crippen molar-refractivity contribution in [2.24, 2.45) is 0 Å². The Labute approximate surface area is 121 Å². The number of rotatable bonds is 3. The van der Waals surface area contributed by atoms with E-state index >= 15 is 0 Å². The molecule has 6 nitrogen and oxygen atoms in total. The zero-order valence-electron chi connectivity index (χ0n) is 8.80. The molecule has 0 atom stereocenters. The van der Waals surface area contributed by atoms with Gasteiger partial charge in [-0.3, -0.25) is 10.1 Å². The summed E-state index contributed by atoms with van der Waals surface area (Å²) in [6.07, 6.45) is 1.08. The van der Waals surface area contributed by atoms with E-state index in [-0.39, 0.29) is 16.8 Å². The van der Waals surface area contributed by atoms with E-state index in [0.717, 1.165) is 15.5 Å². The predicted molar refractivity (Wildman–Crippen MR) is 76.1 cm³/mol. The summed E-state index contributed by atoms with van der Waals surface area (Å²) >= 11 is 7.76. The van der Waals surface area contributed by atoms with E-state index in [1.165, 1.54) is 0 Å². The quantitative estimate of drug-likeness (QED) is 0.384. The number of benzene rings is 1. The summed E-state index contributed by atoms with van der Waals surface area (Å²) in [4.78, 5) is 17.7. The number of nitrogens with zero attached hydrogens (tertiary/aromatic N) is 3. The van der Waals surface area contributed by atoms with Crippen molar-refractivity contribution in [3.8, 4) is 0 Å². The molecule has 0 amide bonds. The molecule has 0 aliphatic heterocycles. The van der Waals surface area contributed by atoms with Crippen LogP contribution in [0, 0.1) is 13.7 Å². The van der Waals surface area contributed by atoms with Crippen LogP contribution in [0.15, 0.2) is 30.5 Å². The van der Waals surface area contributed by atoms with Crippen molar-refractivity contribution >= 4 is 51.4 Å². The highest BCUT2D eigenvalue weighted by Crippen LogP contribution is 2.27. The van der Waals surface area contributed by atoms with Crippen LogP contribution in [0.1, 0.15) is 0 Å². The lowest BCUT2D eigenvalue weighted by atomic mass is 10.3. The summed E-state index contributed by atoms with van der Waals surface area (Å²) in [5.41, 5.74) is 0.495. The fourth-order valence-electron chi connectivity index (χ4n) is 1.27. The highest BCUT2D eigenvalue weighted by Gasteiger charge is 2.17. The fourth-order valence-corrected chi connectivity index (χ4v) is 1.93. The second-order valence-corrected chi connectivity index (χ2v) is 4.74. The van der Waals surface area contributed by atoms with Gasteiger partial charge in [-0.15, -0.1) is 0 Å². The molecule has 1 N–H and O–H groups in total. The maximum atomic E-state index is 10.8. The first-order valence-corrected chi connectivity index (χ1v) is 6.22. The topological polar surface area (TPSA) is 81.0 Å². The van der Waals surface area contributed by atoms with Crippen LogP contribution in [0.2, 0.25) is 5.28 Å². The largest absolute Gasteiger partial charge is 0.333 e. The smallest absolute Gasteiger partial charge is 0.329 e. The highest BCUT2D eigenvalue weighted by molar-refractivity contribution is 14.1. The Morgan fingerprint density at radius 1 is 1.39 bits per heavy atom. The summed E-state index contributed by atoms with van der Waals surface area (Å²) in [7, 11) is 0. The molecule has 1 heterocycles. The van der Waals surface area contributed by atoms with Gasteiger partial charge in [0, 0.05) is 3.57 Å². The van der Waals surface area contributed by atoms with Gasteiger partial charge in [0.2, 0.25) is 11.1 Å². The lowest BCUT2D eigenvalue weighted by Gasteiger charge is -2.07. The Balaban J connectivity index is 2.42. The van der Waals surface area contributed by atoms with Gasteiger partial charge in [0.05, 0.1) is 10.6 Å². The van der Waals surface area contributed by atoms with Crippen LogP contribution in [-0.4, -0.2) is 14.9 Å². The van der Waals surface area contributed by atoms with E-state index in [1.54, 1.807) is 6.07 Å². The Kier molecular flexibility index (Phi) is 3.92. The van der Waals surface area contributed by atoms with Crippen molar-refractivity contribution in [3.05, 3.63) is 49.4 Å². The van der Waals surface area contributed by atoms with E-state index in [0.29, 0.717) is 0 Å². The Morgan fingerprint density at radius 2 is 2.11 bits per heavy atom. The zero-order valence-corrected chi connectivity index (χ0v) is 11.7. The lowest BCUT2D eigenvalue weighted by molar-refractivity contribution is -0.384. The number of halogens is 2. The van der Waals surface area contributed by atoms with Gasteiger partial charge in [-0.25, -0.2) is 4.98 Å². The fraction of sp³-hybridized carbons (Fsp3) is 0. The standard InChI is InChI=1S/C10H6ClIN4O2/c11-10-13-5-8(16(17)18)9(15-10)14-7-4-2-1-3-6(7)12/h1-5H,(H,13,14,15). The third kappa shape index (κ3) is 2.85. The predicted octanol–water partition coefficient (Wildman–Crippen LogP) is 3.39. The molecule has 0 saturated carbocycles. The van der Waals surface area contributed by atoms with Crippen LogP contribution in [-0.2, 0) is 0 Å². The molecular formula is C10H6ClIN4O2. The first-order chi connectivity index (χ1) is 8.58. The highest BCUT2D eigenvalue weighted by atomic mass is 127. The summed E-state index contributed by atoms with van der Waals surface area (Å²) < 4.78 is 0.916. The van der Waals surface area contributed by atoms with E-state index in [9.17, 15) is 10.1 Å². The monoisotopic (exact) mass is 376 g/mol. The van der Waals surface area contributed by atoms with Gasteiger partial charge in [0.15, 0.2) is 0 Å². The molecule has 1 aromatic heterocycles. The minimum absolute atomic E-state index is 0.0472. The van der Waals surface area contributed by atoms with E-state index in [1.807, 2.05) is 18.2 Å². The molecule has 0 radical (unpaired) electrons. The van der Waals surface area contributed by atoms with Gasteiger partial charge < -0.3 is 5.32 Å². The molecular weight excluding hydrogens is 370 g/mol. The molecule has 18 heavy (non-hydrogen) atoms. The molecule has 0 fully saturated rings. The van der Waals surface area contributed by atoms with Crippen LogP contribution in [0.5, 0.6) is 0 Å². The second-order valence-electron chi connectivity index (χ2n) is 3.23.